The van der Waals surface area contributed by atoms with E-state index in [4.69, 9.17) is 4.74 Å². The van der Waals surface area contributed by atoms with Gasteiger partial charge in [-0.15, -0.1) is 0 Å². The van der Waals surface area contributed by atoms with E-state index < -0.39 is 0 Å². The van der Waals surface area contributed by atoms with Crippen LogP contribution in [0.15, 0.2) is 24.5 Å². The van der Waals surface area contributed by atoms with Crippen LogP contribution in [-0.4, -0.2) is 49.5 Å². The topological polar surface area (TPSA) is 86.3 Å². The number of carbonyl (C=O) groups excluding carboxylic acids is 1. The lowest BCUT2D eigenvalue weighted by Gasteiger charge is -2.09. The second-order valence-corrected chi connectivity index (χ2v) is 6.24. The first-order valence-electron chi connectivity index (χ1n) is 8.37. The molecule has 1 N–H and O–H groups in total. The predicted octanol–water partition coefficient (Wildman–Crippen LogP) is 1.35. The van der Waals surface area contributed by atoms with E-state index in [2.05, 4.69) is 20.5 Å². The summed E-state index contributed by atoms with van der Waals surface area (Å²) in [6.07, 6.45) is 5.65. The van der Waals surface area contributed by atoms with Gasteiger partial charge < -0.3 is 10.1 Å². The number of hydrogen-bond donors (Lipinski definition) is 1. The minimum atomic E-state index is -0.213. The van der Waals surface area contributed by atoms with Crippen molar-refractivity contribution in [1.29, 1.82) is 0 Å². The van der Waals surface area contributed by atoms with Crippen LogP contribution in [0, 0.1) is 6.92 Å². The van der Waals surface area contributed by atoms with Gasteiger partial charge in [-0.3, -0.25) is 9.48 Å². The van der Waals surface area contributed by atoms with Crippen molar-refractivity contribution in [2.24, 2.45) is 7.05 Å². The van der Waals surface area contributed by atoms with Crippen molar-refractivity contribution >= 4 is 11.6 Å². The van der Waals surface area contributed by atoms with Gasteiger partial charge in [0.1, 0.15) is 0 Å². The normalized spacial score (nSPS) is 17.3. The summed E-state index contributed by atoms with van der Waals surface area (Å²) in [5, 5.41) is 11.6. The molecule has 1 atom stereocenters. The number of aryl methyl sites for hydroxylation is 1. The number of nitrogens with one attached hydrogen (secondary N) is 1. The molecule has 8 heteroatoms. The second kappa shape index (κ2) is 6.29. The van der Waals surface area contributed by atoms with E-state index in [0.717, 1.165) is 36.4 Å². The molecule has 1 fully saturated rings. The molecule has 1 unspecified atom stereocenters. The lowest BCUT2D eigenvalue weighted by Crippen LogP contribution is -2.32. The van der Waals surface area contributed by atoms with Gasteiger partial charge in [-0.25, -0.2) is 9.50 Å². The number of carbonyl (C=O) groups is 1. The van der Waals surface area contributed by atoms with Gasteiger partial charge in [0.2, 0.25) is 0 Å². The van der Waals surface area contributed by atoms with E-state index in [1.807, 2.05) is 20.0 Å². The molecule has 4 rings (SSSR count). The fraction of sp³-hybridized carbons (Fsp3) is 0.412. The molecule has 1 aliphatic rings. The molecule has 0 aliphatic carbocycles. The first-order chi connectivity index (χ1) is 12.1. The fourth-order valence-electron chi connectivity index (χ4n) is 3.06. The largest absolute Gasteiger partial charge is 0.376 e. The van der Waals surface area contributed by atoms with E-state index >= 15 is 0 Å². The van der Waals surface area contributed by atoms with Crippen molar-refractivity contribution in [3.63, 3.8) is 0 Å². The summed E-state index contributed by atoms with van der Waals surface area (Å²) in [4.78, 5) is 16.7. The minimum absolute atomic E-state index is 0.104. The molecule has 1 aliphatic heterocycles. The van der Waals surface area contributed by atoms with Gasteiger partial charge in [0.05, 0.1) is 18.0 Å². The van der Waals surface area contributed by atoms with Crippen LogP contribution in [-0.2, 0) is 11.8 Å². The molecule has 8 nitrogen and oxygen atoms in total. The van der Waals surface area contributed by atoms with Crippen molar-refractivity contribution < 1.29 is 9.53 Å². The van der Waals surface area contributed by atoms with Crippen molar-refractivity contribution in [3.8, 4) is 11.3 Å². The Morgan fingerprint density at radius 2 is 2.36 bits per heavy atom. The highest BCUT2D eigenvalue weighted by molar-refractivity contribution is 5.93. The average Bonchev–Trinajstić information content (AvgIpc) is 3.34. The Kier molecular flexibility index (Phi) is 3.96. The molecule has 0 spiro atoms. The van der Waals surface area contributed by atoms with Gasteiger partial charge in [-0.05, 0) is 25.8 Å². The third-order valence-electron chi connectivity index (χ3n) is 4.62. The van der Waals surface area contributed by atoms with Gasteiger partial charge in [0.25, 0.3) is 5.91 Å². The first-order valence-corrected chi connectivity index (χ1v) is 8.37. The van der Waals surface area contributed by atoms with Crippen LogP contribution < -0.4 is 5.32 Å². The van der Waals surface area contributed by atoms with Gasteiger partial charge >= 0.3 is 0 Å². The van der Waals surface area contributed by atoms with E-state index in [0.29, 0.717) is 17.9 Å². The van der Waals surface area contributed by atoms with Crippen molar-refractivity contribution in [1.82, 2.24) is 29.7 Å². The van der Waals surface area contributed by atoms with Gasteiger partial charge in [0.15, 0.2) is 11.3 Å². The lowest BCUT2D eigenvalue weighted by molar-refractivity contribution is 0.0853. The zero-order chi connectivity index (χ0) is 17.4. The van der Waals surface area contributed by atoms with E-state index in [1.165, 1.54) is 0 Å². The van der Waals surface area contributed by atoms with E-state index in [-0.39, 0.29) is 12.0 Å². The van der Waals surface area contributed by atoms with Crippen molar-refractivity contribution in [2.75, 3.05) is 13.2 Å². The highest BCUT2D eigenvalue weighted by Crippen LogP contribution is 2.23. The Balaban J connectivity index is 1.62. The highest BCUT2D eigenvalue weighted by Gasteiger charge is 2.19. The maximum atomic E-state index is 12.4. The number of nitrogens with zero attached hydrogens (tertiary/aromatic N) is 5. The lowest BCUT2D eigenvalue weighted by atomic mass is 10.2. The molecular formula is C17H20N6O2. The number of rotatable bonds is 4. The number of aromatic nitrogens is 5. The number of ether oxygens (including phenoxy) is 1. The van der Waals surface area contributed by atoms with Crippen LogP contribution in [0.5, 0.6) is 0 Å². The SMILES string of the molecule is Cc1c(-c2ccnc3cc(C(=O)NCC4CCCO4)nn23)cnn1C. The zero-order valence-corrected chi connectivity index (χ0v) is 14.3. The molecule has 130 valence electrons. The van der Waals surface area contributed by atoms with Crippen LogP contribution in [0.25, 0.3) is 16.9 Å². The third-order valence-corrected chi connectivity index (χ3v) is 4.62. The van der Waals surface area contributed by atoms with Crippen molar-refractivity contribution in [2.45, 2.75) is 25.9 Å². The molecule has 0 radical (unpaired) electrons. The smallest absolute Gasteiger partial charge is 0.271 e. The zero-order valence-electron chi connectivity index (χ0n) is 14.3. The average molecular weight is 340 g/mol. The summed E-state index contributed by atoms with van der Waals surface area (Å²) in [5.74, 6) is -0.213. The van der Waals surface area contributed by atoms with Crippen LogP contribution in [0.4, 0.5) is 0 Å². The number of hydrogen-bond acceptors (Lipinski definition) is 5. The summed E-state index contributed by atoms with van der Waals surface area (Å²) in [6.45, 7) is 3.27. The van der Waals surface area contributed by atoms with Gasteiger partial charge in [0, 0.05) is 43.7 Å². The van der Waals surface area contributed by atoms with Crippen LogP contribution >= 0.6 is 0 Å². The Hall–Kier alpha value is -2.74. The second-order valence-electron chi connectivity index (χ2n) is 6.24. The summed E-state index contributed by atoms with van der Waals surface area (Å²) >= 11 is 0. The molecule has 1 saturated heterocycles. The first kappa shape index (κ1) is 15.8. The number of fused-ring (bicyclic) bond motifs is 1. The molecule has 0 aromatic carbocycles. The molecule has 0 bridgehead atoms. The Bertz CT molecular complexity index is 923. The van der Waals surface area contributed by atoms with Gasteiger partial charge in [-0.1, -0.05) is 0 Å². The van der Waals surface area contributed by atoms with Crippen LogP contribution in [0.2, 0.25) is 0 Å². The highest BCUT2D eigenvalue weighted by atomic mass is 16.5. The fourth-order valence-corrected chi connectivity index (χ4v) is 3.06. The predicted molar refractivity (Wildman–Crippen MR) is 91.2 cm³/mol. The van der Waals surface area contributed by atoms with Crippen LogP contribution in [0.3, 0.4) is 0 Å². The Morgan fingerprint density at radius 1 is 1.48 bits per heavy atom. The summed E-state index contributed by atoms with van der Waals surface area (Å²) in [7, 11) is 1.89. The standard InChI is InChI=1S/C17H20N6O2/c1-11-13(10-20-22(11)2)15-5-6-18-16-8-14(21-23(15)16)17(24)19-9-12-4-3-7-25-12/h5-6,8,10,12H,3-4,7,9H2,1-2H3,(H,19,24). The molecule has 3 aromatic rings. The molecule has 25 heavy (non-hydrogen) atoms. The quantitative estimate of drug-likeness (QED) is 0.775. The van der Waals surface area contributed by atoms with E-state index in [1.54, 1.807) is 27.7 Å². The minimum Gasteiger partial charge on any atom is -0.376 e. The monoisotopic (exact) mass is 340 g/mol. The third kappa shape index (κ3) is 2.89. The summed E-state index contributed by atoms with van der Waals surface area (Å²) in [5.41, 5.74) is 3.81. The maximum Gasteiger partial charge on any atom is 0.271 e. The maximum absolute atomic E-state index is 12.4. The van der Waals surface area contributed by atoms with Gasteiger partial charge in [-0.2, -0.15) is 10.2 Å². The van der Waals surface area contributed by atoms with Crippen molar-refractivity contribution in [3.05, 3.63) is 35.9 Å². The summed E-state index contributed by atoms with van der Waals surface area (Å²) in [6, 6.07) is 3.57. The molecule has 1 amide bonds. The molecule has 4 heterocycles. The Labute approximate surface area is 144 Å². The molecular weight excluding hydrogens is 320 g/mol. The van der Waals surface area contributed by atoms with E-state index in [9.17, 15) is 4.79 Å². The Morgan fingerprint density at radius 3 is 3.08 bits per heavy atom. The van der Waals surface area contributed by atoms with Crippen LogP contribution in [0.1, 0.15) is 29.0 Å². The number of amides is 1. The molecule has 3 aromatic heterocycles. The molecule has 0 saturated carbocycles. The summed E-state index contributed by atoms with van der Waals surface area (Å²) < 4.78 is 9.02.